The van der Waals surface area contributed by atoms with E-state index in [4.69, 9.17) is 5.11 Å². The maximum absolute atomic E-state index is 12.7. The molecule has 1 amide bonds. The van der Waals surface area contributed by atoms with Crippen LogP contribution in [-0.4, -0.2) is 60.1 Å². The number of thiophene rings is 1. The number of nitrogens with zero attached hydrogens (tertiary/aromatic N) is 2. The summed E-state index contributed by atoms with van der Waals surface area (Å²) in [6.07, 6.45) is 7.47. The van der Waals surface area contributed by atoms with Crippen molar-refractivity contribution in [2.75, 3.05) is 39.3 Å². The number of fused-ring (bicyclic) bond motifs is 1. The summed E-state index contributed by atoms with van der Waals surface area (Å²) in [7, 11) is 0. The second-order valence-corrected chi connectivity index (χ2v) is 7.47. The van der Waals surface area contributed by atoms with Crippen molar-refractivity contribution < 1.29 is 9.90 Å². The van der Waals surface area contributed by atoms with Gasteiger partial charge in [0.1, 0.15) is 0 Å². The molecule has 22 heavy (non-hydrogen) atoms. The number of aliphatic hydroxyl groups is 1. The van der Waals surface area contributed by atoms with Gasteiger partial charge in [0.05, 0.1) is 11.5 Å². The second kappa shape index (κ2) is 7.57. The van der Waals surface area contributed by atoms with Crippen molar-refractivity contribution in [2.24, 2.45) is 0 Å². The van der Waals surface area contributed by atoms with E-state index in [-0.39, 0.29) is 12.5 Å². The zero-order chi connectivity index (χ0) is 15.4. The number of rotatable bonds is 3. The van der Waals surface area contributed by atoms with Gasteiger partial charge in [-0.2, -0.15) is 0 Å². The lowest BCUT2D eigenvalue weighted by Crippen LogP contribution is -2.49. The highest BCUT2D eigenvalue weighted by Gasteiger charge is 2.24. The Balaban J connectivity index is 1.64. The van der Waals surface area contributed by atoms with Crippen LogP contribution in [0.25, 0.3) is 0 Å². The summed E-state index contributed by atoms with van der Waals surface area (Å²) in [5, 5.41) is 8.99. The highest BCUT2D eigenvalue weighted by atomic mass is 32.1. The lowest BCUT2D eigenvalue weighted by atomic mass is 10.00. The monoisotopic (exact) mass is 322 g/mol. The minimum Gasteiger partial charge on any atom is -0.395 e. The van der Waals surface area contributed by atoms with Crippen molar-refractivity contribution in [1.29, 1.82) is 0 Å². The Hall–Kier alpha value is -0.910. The highest BCUT2D eigenvalue weighted by molar-refractivity contribution is 7.14. The van der Waals surface area contributed by atoms with Gasteiger partial charge in [-0.1, -0.05) is 12.8 Å². The molecule has 122 valence electrons. The molecule has 4 nitrogen and oxygen atoms in total. The molecule has 0 unspecified atom stereocenters. The zero-order valence-corrected chi connectivity index (χ0v) is 14.0. The molecule has 0 spiro atoms. The molecule has 2 aliphatic rings. The molecule has 5 heteroatoms. The normalized spacial score (nSPS) is 20.3. The minimum atomic E-state index is 0.200. The molecule has 1 aromatic heterocycles. The summed E-state index contributed by atoms with van der Waals surface area (Å²) in [5.74, 6) is 0.209. The molecule has 1 fully saturated rings. The number of aliphatic hydroxyl groups excluding tert-OH is 1. The summed E-state index contributed by atoms with van der Waals surface area (Å²) in [6.45, 7) is 4.22. The fourth-order valence-corrected chi connectivity index (χ4v) is 4.64. The summed E-state index contributed by atoms with van der Waals surface area (Å²) in [5.41, 5.74) is 1.42. The summed E-state index contributed by atoms with van der Waals surface area (Å²) < 4.78 is 0. The Morgan fingerprint density at radius 1 is 1.09 bits per heavy atom. The first-order valence-electron chi connectivity index (χ1n) is 8.52. The number of hydrogen-bond acceptors (Lipinski definition) is 4. The highest BCUT2D eigenvalue weighted by Crippen LogP contribution is 2.29. The molecule has 1 aliphatic carbocycles. The predicted octanol–water partition coefficient (Wildman–Crippen LogP) is 2.16. The lowest BCUT2D eigenvalue weighted by Gasteiger charge is -2.34. The average molecular weight is 322 g/mol. The minimum absolute atomic E-state index is 0.200. The maximum atomic E-state index is 12.7. The second-order valence-electron chi connectivity index (χ2n) is 6.33. The molecule has 0 aromatic carbocycles. The number of piperazine rings is 1. The summed E-state index contributed by atoms with van der Waals surface area (Å²) in [4.78, 5) is 19.3. The van der Waals surface area contributed by atoms with E-state index in [1.165, 1.54) is 36.1 Å². The van der Waals surface area contributed by atoms with Crippen LogP contribution in [0.15, 0.2) is 6.07 Å². The fourth-order valence-electron chi connectivity index (χ4n) is 3.42. The topological polar surface area (TPSA) is 43.8 Å². The Morgan fingerprint density at radius 3 is 2.55 bits per heavy atom. The van der Waals surface area contributed by atoms with E-state index in [0.29, 0.717) is 0 Å². The standard InChI is InChI=1S/C17H26N2O2S/c20-12-11-18-7-9-19(10-8-18)17(21)16-13-14-5-3-1-2-4-6-15(14)22-16/h13,20H,1-12H2. The molecular weight excluding hydrogens is 296 g/mol. The van der Waals surface area contributed by atoms with Crippen LogP contribution in [0.1, 0.15) is 45.8 Å². The van der Waals surface area contributed by atoms with E-state index < -0.39 is 0 Å². The van der Waals surface area contributed by atoms with Crippen LogP contribution in [0.2, 0.25) is 0 Å². The number of aryl methyl sites for hydroxylation is 2. The first-order valence-corrected chi connectivity index (χ1v) is 9.33. The molecule has 1 aromatic rings. The number of amides is 1. The smallest absolute Gasteiger partial charge is 0.264 e. The predicted molar refractivity (Wildman–Crippen MR) is 89.6 cm³/mol. The van der Waals surface area contributed by atoms with Gasteiger partial charge >= 0.3 is 0 Å². The quantitative estimate of drug-likeness (QED) is 0.927. The van der Waals surface area contributed by atoms with Gasteiger partial charge in [-0.25, -0.2) is 0 Å². The van der Waals surface area contributed by atoms with Crippen LogP contribution in [0.5, 0.6) is 0 Å². The fraction of sp³-hybridized carbons (Fsp3) is 0.706. The molecule has 1 N–H and O–H groups in total. The number of hydrogen-bond donors (Lipinski definition) is 1. The van der Waals surface area contributed by atoms with Crippen molar-refractivity contribution in [3.05, 3.63) is 21.4 Å². The third kappa shape index (κ3) is 3.70. The molecule has 1 aliphatic heterocycles. The van der Waals surface area contributed by atoms with Gasteiger partial charge in [0.2, 0.25) is 0 Å². The van der Waals surface area contributed by atoms with Crippen LogP contribution in [0.3, 0.4) is 0 Å². The van der Waals surface area contributed by atoms with E-state index in [9.17, 15) is 4.79 Å². The molecule has 0 radical (unpaired) electrons. The maximum Gasteiger partial charge on any atom is 0.264 e. The summed E-state index contributed by atoms with van der Waals surface area (Å²) >= 11 is 1.73. The van der Waals surface area contributed by atoms with Crippen LogP contribution in [0, 0.1) is 0 Å². The van der Waals surface area contributed by atoms with E-state index in [0.717, 1.165) is 50.4 Å². The molecule has 3 rings (SSSR count). The van der Waals surface area contributed by atoms with Gasteiger partial charge in [-0.15, -0.1) is 11.3 Å². The molecule has 2 heterocycles. The van der Waals surface area contributed by atoms with E-state index >= 15 is 0 Å². The van der Waals surface area contributed by atoms with E-state index in [2.05, 4.69) is 11.0 Å². The van der Waals surface area contributed by atoms with E-state index in [1.54, 1.807) is 11.3 Å². The molecule has 0 atom stereocenters. The third-order valence-electron chi connectivity index (χ3n) is 4.78. The summed E-state index contributed by atoms with van der Waals surface area (Å²) in [6, 6.07) is 2.16. The van der Waals surface area contributed by atoms with Gasteiger partial charge < -0.3 is 10.0 Å². The van der Waals surface area contributed by atoms with Crippen molar-refractivity contribution in [1.82, 2.24) is 9.80 Å². The number of carbonyl (C=O) groups is 1. The first kappa shape index (κ1) is 16.0. The van der Waals surface area contributed by atoms with Crippen molar-refractivity contribution >= 4 is 17.2 Å². The van der Waals surface area contributed by atoms with Gasteiger partial charge in [0, 0.05) is 37.6 Å². The largest absolute Gasteiger partial charge is 0.395 e. The van der Waals surface area contributed by atoms with Crippen molar-refractivity contribution in [3.63, 3.8) is 0 Å². The van der Waals surface area contributed by atoms with E-state index in [1.807, 2.05) is 4.90 Å². The Kier molecular flexibility index (Phi) is 5.50. The Morgan fingerprint density at radius 2 is 1.82 bits per heavy atom. The Labute approximate surface area is 136 Å². The van der Waals surface area contributed by atoms with Crippen molar-refractivity contribution in [2.45, 2.75) is 38.5 Å². The molecular formula is C17H26N2O2S. The number of β-amino-alcohol motifs (C(OH)–C–C–N with tert-alkyl or cyclic N) is 1. The van der Waals surface area contributed by atoms with Gasteiger partial charge in [-0.3, -0.25) is 9.69 Å². The molecule has 0 bridgehead atoms. The van der Waals surface area contributed by atoms with Crippen LogP contribution < -0.4 is 0 Å². The lowest BCUT2D eigenvalue weighted by molar-refractivity contribution is 0.0619. The molecule has 1 saturated heterocycles. The molecule has 0 saturated carbocycles. The van der Waals surface area contributed by atoms with Crippen molar-refractivity contribution in [3.8, 4) is 0 Å². The average Bonchev–Trinajstić information content (AvgIpc) is 2.90. The van der Waals surface area contributed by atoms with Crippen LogP contribution in [-0.2, 0) is 12.8 Å². The van der Waals surface area contributed by atoms with Gasteiger partial charge in [0.25, 0.3) is 5.91 Å². The third-order valence-corrected chi connectivity index (χ3v) is 6.01. The zero-order valence-electron chi connectivity index (χ0n) is 13.2. The van der Waals surface area contributed by atoms with Gasteiger partial charge in [-0.05, 0) is 37.3 Å². The Bertz CT molecular complexity index is 481. The van der Waals surface area contributed by atoms with Gasteiger partial charge in [0.15, 0.2) is 0 Å². The van der Waals surface area contributed by atoms with Crippen LogP contribution in [0.4, 0.5) is 0 Å². The SMILES string of the molecule is O=C(c1cc2c(s1)CCCCCC2)N1CCN(CCO)CC1. The van der Waals surface area contributed by atoms with Crippen LogP contribution >= 0.6 is 11.3 Å². The first-order chi connectivity index (χ1) is 10.8. The number of carbonyl (C=O) groups excluding carboxylic acids is 1.